The second-order valence-corrected chi connectivity index (χ2v) is 5.61. The van der Waals surface area contributed by atoms with Crippen molar-refractivity contribution in [1.82, 2.24) is 4.90 Å². The zero-order valence-corrected chi connectivity index (χ0v) is 12.8. The molecular weight excluding hydrogens is 244 g/mol. The highest BCUT2D eigenvalue weighted by Crippen LogP contribution is 2.30. The Kier molecular flexibility index (Phi) is 6.86. The molecule has 18 heavy (non-hydrogen) atoms. The number of likely N-dealkylation sites (N-methyl/N-ethyl adjacent to an activating group) is 1. The first kappa shape index (κ1) is 15.6. The van der Waals surface area contributed by atoms with Gasteiger partial charge >= 0.3 is 0 Å². The van der Waals surface area contributed by atoms with Crippen LogP contribution in [0.4, 0.5) is 0 Å². The minimum absolute atomic E-state index is 0.175. The molecule has 0 spiro atoms. The van der Waals surface area contributed by atoms with Crippen molar-refractivity contribution in [2.75, 3.05) is 26.8 Å². The third-order valence-corrected chi connectivity index (χ3v) is 4.40. The Bertz CT molecular complexity index is 340. The number of hydrogen-bond donors (Lipinski definition) is 1. The number of ether oxygens (including phenoxy) is 1. The van der Waals surface area contributed by atoms with E-state index in [-0.39, 0.29) is 6.04 Å². The summed E-state index contributed by atoms with van der Waals surface area (Å²) in [5.74, 6) is 0. The Balaban J connectivity index is 2.75. The highest BCUT2D eigenvalue weighted by Gasteiger charge is 2.25. The molecule has 0 aliphatic rings. The summed E-state index contributed by atoms with van der Waals surface area (Å²) in [6.07, 6.45) is 0.987. The molecule has 2 atom stereocenters. The monoisotopic (exact) mass is 270 g/mol. The van der Waals surface area contributed by atoms with Gasteiger partial charge in [0.15, 0.2) is 0 Å². The number of hydrogen-bond acceptors (Lipinski definition) is 4. The quantitative estimate of drug-likeness (QED) is 0.738. The Labute approximate surface area is 115 Å². The molecule has 0 aliphatic carbocycles. The summed E-state index contributed by atoms with van der Waals surface area (Å²) < 4.78 is 5.44. The van der Waals surface area contributed by atoms with Gasteiger partial charge in [0.25, 0.3) is 0 Å². The molecule has 1 rings (SSSR count). The third kappa shape index (κ3) is 4.05. The predicted molar refractivity (Wildman–Crippen MR) is 79.2 cm³/mol. The maximum Gasteiger partial charge on any atom is 0.0594 e. The first-order valence-electron chi connectivity index (χ1n) is 6.69. The van der Waals surface area contributed by atoms with E-state index >= 15 is 0 Å². The first-order valence-corrected chi connectivity index (χ1v) is 7.57. The maximum atomic E-state index is 6.31. The topological polar surface area (TPSA) is 38.5 Å². The maximum absolute atomic E-state index is 6.31. The minimum atomic E-state index is 0.175. The van der Waals surface area contributed by atoms with Gasteiger partial charge in [-0.3, -0.25) is 4.90 Å². The average molecular weight is 270 g/mol. The van der Waals surface area contributed by atoms with Crippen molar-refractivity contribution in [2.24, 2.45) is 5.73 Å². The van der Waals surface area contributed by atoms with Crippen LogP contribution in [0.15, 0.2) is 11.4 Å². The lowest BCUT2D eigenvalue weighted by Crippen LogP contribution is -2.40. The zero-order valence-electron chi connectivity index (χ0n) is 12.0. The van der Waals surface area contributed by atoms with Crippen LogP contribution in [0.25, 0.3) is 0 Å². The summed E-state index contributed by atoms with van der Waals surface area (Å²) in [6.45, 7) is 8.80. The molecule has 2 unspecified atom stereocenters. The van der Waals surface area contributed by atoms with Gasteiger partial charge in [-0.25, -0.2) is 0 Å². The molecule has 104 valence electrons. The number of thiophene rings is 1. The summed E-state index contributed by atoms with van der Waals surface area (Å²) in [6, 6.07) is 2.65. The number of aryl methyl sites for hydroxylation is 1. The SMILES string of the molecule is CCOCCN(C)C(c1sccc1C)C(N)CC. The van der Waals surface area contributed by atoms with E-state index in [1.54, 1.807) is 11.3 Å². The van der Waals surface area contributed by atoms with Crippen molar-refractivity contribution in [2.45, 2.75) is 39.3 Å². The molecule has 3 nitrogen and oxygen atoms in total. The van der Waals surface area contributed by atoms with Crippen LogP contribution in [0.1, 0.15) is 36.8 Å². The molecule has 1 heterocycles. The van der Waals surface area contributed by atoms with Crippen LogP contribution in [-0.2, 0) is 4.74 Å². The summed E-state index contributed by atoms with van der Waals surface area (Å²) in [5, 5.41) is 2.15. The highest BCUT2D eigenvalue weighted by molar-refractivity contribution is 7.10. The lowest BCUT2D eigenvalue weighted by molar-refractivity contribution is 0.101. The lowest BCUT2D eigenvalue weighted by Gasteiger charge is -2.32. The van der Waals surface area contributed by atoms with E-state index in [0.29, 0.717) is 6.04 Å². The average Bonchev–Trinajstić information content (AvgIpc) is 2.76. The molecular formula is C14H26N2OS. The largest absolute Gasteiger partial charge is 0.380 e. The zero-order chi connectivity index (χ0) is 13.5. The van der Waals surface area contributed by atoms with Crippen molar-refractivity contribution >= 4 is 11.3 Å². The molecule has 0 aliphatic heterocycles. The van der Waals surface area contributed by atoms with Crippen molar-refractivity contribution in [1.29, 1.82) is 0 Å². The van der Waals surface area contributed by atoms with Crippen LogP contribution in [0.5, 0.6) is 0 Å². The Hall–Kier alpha value is -0.420. The second kappa shape index (κ2) is 7.89. The van der Waals surface area contributed by atoms with Gasteiger partial charge < -0.3 is 10.5 Å². The smallest absolute Gasteiger partial charge is 0.0594 e. The Morgan fingerprint density at radius 1 is 1.44 bits per heavy atom. The van der Waals surface area contributed by atoms with Gasteiger partial charge in [0, 0.05) is 24.1 Å². The fraction of sp³-hybridized carbons (Fsp3) is 0.714. The number of nitrogens with two attached hydrogens (primary N) is 1. The first-order chi connectivity index (χ1) is 8.61. The molecule has 0 radical (unpaired) electrons. The van der Waals surface area contributed by atoms with E-state index in [9.17, 15) is 0 Å². The Morgan fingerprint density at radius 2 is 2.17 bits per heavy atom. The fourth-order valence-corrected chi connectivity index (χ4v) is 3.29. The van der Waals surface area contributed by atoms with Crippen LogP contribution >= 0.6 is 11.3 Å². The van der Waals surface area contributed by atoms with Crippen LogP contribution < -0.4 is 5.73 Å². The highest BCUT2D eigenvalue weighted by atomic mass is 32.1. The van der Waals surface area contributed by atoms with E-state index in [2.05, 4.69) is 37.2 Å². The number of rotatable bonds is 8. The molecule has 1 aromatic heterocycles. The summed E-state index contributed by atoms with van der Waals surface area (Å²) in [7, 11) is 2.14. The van der Waals surface area contributed by atoms with E-state index in [0.717, 1.165) is 26.2 Å². The van der Waals surface area contributed by atoms with Gasteiger partial charge in [-0.05, 0) is 44.3 Å². The summed E-state index contributed by atoms with van der Waals surface area (Å²) >= 11 is 1.81. The molecule has 0 fully saturated rings. The molecule has 0 saturated heterocycles. The minimum Gasteiger partial charge on any atom is -0.380 e. The molecule has 0 bridgehead atoms. The van der Waals surface area contributed by atoms with Gasteiger partial charge in [0.1, 0.15) is 0 Å². The lowest BCUT2D eigenvalue weighted by atomic mass is 10.0. The van der Waals surface area contributed by atoms with Gasteiger partial charge in [-0.1, -0.05) is 6.92 Å². The van der Waals surface area contributed by atoms with Gasteiger partial charge in [0.2, 0.25) is 0 Å². The molecule has 4 heteroatoms. The van der Waals surface area contributed by atoms with E-state index in [1.807, 2.05) is 6.92 Å². The van der Waals surface area contributed by atoms with Crippen LogP contribution in [0.2, 0.25) is 0 Å². The van der Waals surface area contributed by atoms with Crippen LogP contribution in [0, 0.1) is 6.92 Å². The van der Waals surface area contributed by atoms with Crippen LogP contribution in [0.3, 0.4) is 0 Å². The predicted octanol–water partition coefficient (Wildman–Crippen LogP) is 2.80. The van der Waals surface area contributed by atoms with E-state index in [4.69, 9.17) is 10.5 Å². The van der Waals surface area contributed by atoms with E-state index < -0.39 is 0 Å². The van der Waals surface area contributed by atoms with Crippen molar-refractivity contribution < 1.29 is 4.74 Å². The molecule has 0 aromatic carbocycles. The third-order valence-electron chi connectivity index (χ3n) is 3.31. The van der Waals surface area contributed by atoms with Gasteiger partial charge in [-0.2, -0.15) is 0 Å². The normalized spacial score (nSPS) is 15.0. The van der Waals surface area contributed by atoms with Crippen molar-refractivity contribution in [3.8, 4) is 0 Å². The summed E-state index contributed by atoms with van der Waals surface area (Å²) in [5.41, 5.74) is 7.65. The molecule has 2 N–H and O–H groups in total. The standard InChI is InChI=1S/C14H26N2OS/c1-5-12(15)13(14-11(3)7-10-18-14)16(4)8-9-17-6-2/h7,10,12-13H,5-6,8-9,15H2,1-4H3. The van der Waals surface area contributed by atoms with Gasteiger partial charge in [-0.15, -0.1) is 11.3 Å². The van der Waals surface area contributed by atoms with Crippen molar-refractivity contribution in [3.63, 3.8) is 0 Å². The Morgan fingerprint density at radius 3 is 2.67 bits per heavy atom. The number of nitrogens with zero attached hydrogens (tertiary/aromatic N) is 1. The fourth-order valence-electron chi connectivity index (χ4n) is 2.12. The second-order valence-electron chi connectivity index (χ2n) is 4.66. The molecule has 0 saturated carbocycles. The van der Waals surface area contributed by atoms with E-state index in [1.165, 1.54) is 10.4 Å². The van der Waals surface area contributed by atoms with Crippen LogP contribution in [-0.4, -0.2) is 37.7 Å². The van der Waals surface area contributed by atoms with Gasteiger partial charge in [0.05, 0.1) is 12.6 Å². The summed E-state index contributed by atoms with van der Waals surface area (Å²) in [4.78, 5) is 3.71. The van der Waals surface area contributed by atoms with Crippen molar-refractivity contribution in [3.05, 3.63) is 21.9 Å². The molecule has 0 amide bonds. The molecule has 1 aromatic rings.